The van der Waals surface area contributed by atoms with Gasteiger partial charge in [-0.15, -0.1) is 11.3 Å². The lowest BCUT2D eigenvalue weighted by atomic mass is 10.0. The first-order valence-electron chi connectivity index (χ1n) is 5.63. The van der Waals surface area contributed by atoms with E-state index in [0.29, 0.717) is 5.92 Å². The number of ether oxygens (including phenoxy) is 1. The summed E-state index contributed by atoms with van der Waals surface area (Å²) < 4.78 is 5.40. The number of nitrogens with two attached hydrogens (primary N) is 1. The van der Waals surface area contributed by atoms with E-state index in [1.54, 1.807) is 18.4 Å². The Morgan fingerprint density at radius 2 is 2.12 bits per heavy atom. The van der Waals surface area contributed by atoms with Crippen LogP contribution < -0.4 is 5.73 Å². The molecule has 1 aromatic rings. The molecular weight excluding hydrogens is 220 g/mol. The smallest absolute Gasteiger partial charge is 0.124 e. The van der Waals surface area contributed by atoms with Crippen molar-refractivity contribution >= 4 is 11.3 Å². The van der Waals surface area contributed by atoms with Crippen LogP contribution in [-0.4, -0.2) is 12.1 Å². The van der Waals surface area contributed by atoms with E-state index in [2.05, 4.69) is 18.8 Å². The summed E-state index contributed by atoms with van der Waals surface area (Å²) in [4.78, 5) is 4.57. The Labute approximate surface area is 102 Å². The largest absolute Gasteiger partial charge is 0.372 e. The molecule has 1 heterocycles. The third kappa shape index (κ3) is 3.27. The number of aromatic nitrogens is 1. The van der Waals surface area contributed by atoms with Crippen LogP contribution in [0.15, 0.2) is 5.38 Å². The fraction of sp³-hybridized carbons (Fsp3) is 0.750. The van der Waals surface area contributed by atoms with Crippen molar-refractivity contribution in [2.45, 2.75) is 45.8 Å². The van der Waals surface area contributed by atoms with Crippen LogP contribution in [0, 0.1) is 5.92 Å². The number of methoxy groups -OCH3 is 1. The molecule has 0 saturated heterocycles. The number of nitrogens with zero attached hydrogens (tertiary/aromatic N) is 1. The number of rotatable bonds is 5. The molecule has 92 valence electrons. The zero-order valence-electron chi connectivity index (χ0n) is 10.8. The van der Waals surface area contributed by atoms with Crippen molar-refractivity contribution in [3.05, 3.63) is 16.1 Å². The van der Waals surface area contributed by atoms with Crippen LogP contribution in [0.1, 0.15) is 50.9 Å². The standard InChI is InChI=1S/C12H22N2OS/c1-8(2)6-9(13)10-7-16-11(14-10)12(3,4)15-5/h7-9H,6,13H2,1-5H3. The van der Waals surface area contributed by atoms with E-state index < -0.39 is 0 Å². The molecule has 0 amide bonds. The summed E-state index contributed by atoms with van der Waals surface area (Å²) in [5.41, 5.74) is 6.76. The van der Waals surface area contributed by atoms with Gasteiger partial charge in [-0.2, -0.15) is 0 Å². The highest BCUT2D eigenvalue weighted by atomic mass is 32.1. The first kappa shape index (κ1) is 13.6. The molecule has 1 aromatic heterocycles. The molecule has 3 nitrogen and oxygen atoms in total. The summed E-state index contributed by atoms with van der Waals surface area (Å²) in [7, 11) is 1.70. The summed E-state index contributed by atoms with van der Waals surface area (Å²) in [6.45, 7) is 8.38. The van der Waals surface area contributed by atoms with Crippen LogP contribution >= 0.6 is 11.3 Å². The van der Waals surface area contributed by atoms with Gasteiger partial charge in [-0.25, -0.2) is 4.98 Å². The first-order chi connectivity index (χ1) is 7.36. The van der Waals surface area contributed by atoms with Gasteiger partial charge in [0.1, 0.15) is 10.6 Å². The van der Waals surface area contributed by atoms with Crippen LogP contribution in [0.25, 0.3) is 0 Å². The molecule has 0 spiro atoms. The lowest BCUT2D eigenvalue weighted by Crippen LogP contribution is -2.20. The summed E-state index contributed by atoms with van der Waals surface area (Å²) in [6, 6.07) is 0.0395. The summed E-state index contributed by atoms with van der Waals surface area (Å²) in [6.07, 6.45) is 0.969. The molecule has 0 aliphatic rings. The van der Waals surface area contributed by atoms with Gasteiger partial charge in [0.25, 0.3) is 0 Å². The van der Waals surface area contributed by atoms with Crippen molar-refractivity contribution < 1.29 is 4.74 Å². The van der Waals surface area contributed by atoms with Gasteiger partial charge in [0, 0.05) is 18.5 Å². The van der Waals surface area contributed by atoms with Crippen LogP contribution in [0.2, 0.25) is 0 Å². The molecule has 0 aliphatic carbocycles. The Kier molecular flexibility index (Phi) is 4.47. The topological polar surface area (TPSA) is 48.1 Å². The normalized spacial score (nSPS) is 14.4. The Hall–Kier alpha value is -0.450. The van der Waals surface area contributed by atoms with Crippen LogP contribution in [-0.2, 0) is 10.3 Å². The van der Waals surface area contributed by atoms with E-state index in [1.807, 2.05) is 19.2 Å². The zero-order chi connectivity index (χ0) is 12.3. The molecule has 0 saturated carbocycles. The van der Waals surface area contributed by atoms with E-state index in [-0.39, 0.29) is 11.6 Å². The molecule has 2 N–H and O–H groups in total. The SMILES string of the molecule is COC(C)(C)c1nc(C(N)CC(C)C)cs1. The van der Waals surface area contributed by atoms with E-state index >= 15 is 0 Å². The maximum atomic E-state index is 6.10. The van der Waals surface area contributed by atoms with Gasteiger partial charge in [-0.3, -0.25) is 0 Å². The van der Waals surface area contributed by atoms with Crippen molar-refractivity contribution in [1.82, 2.24) is 4.98 Å². The third-order valence-corrected chi connectivity index (χ3v) is 3.82. The maximum absolute atomic E-state index is 6.10. The summed E-state index contributed by atoms with van der Waals surface area (Å²) >= 11 is 1.62. The predicted molar refractivity (Wildman–Crippen MR) is 68.5 cm³/mol. The minimum Gasteiger partial charge on any atom is -0.372 e. The maximum Gasteiger partial charge on any atom is 0.124 e. The van der Waals surface area contributed by atoms with Crippen molar-refractivity contribution in [3.8, 4) is 0 Å². The van der Waals surface area contributed by atoms with E-state index in [1.165, 1.54) is 0 Å². The summed E-state index contributed by atoms with van der Waals surface area (Å²) in [5.74, 6) is 0.593. The lowest BCUT2D eigenvalue weighted by Gasteiger charge is -2.19. The van der Waals surface area contributed by atoms with E-state index in [9.17, 15) is 0 Å². The first-order valence-corrected chi connectivity index (χ1v) is 6.51. The zero-order valence-corrected chi connectivity index (χ0v) is 11.6. The van der Waals surface area contributed by atoms with Crippen LogP contribution in [0.4, 0.5) is 0 Å². The van der Waals surface area contributed by atoms with Gasteiger partial charge >= 0.3 is 0 Å². The minimum absolute atomic E-state index is 0.0395. The highest BCUT2D eigenvalue weighted by Gasteiger charge is 2.24. The van der Waals surface area contributed by atoms with Gasteiger partial charge in [-0.1, -0.05) is 13.8 Å². The second-order valence-electron chi connectivity index (χ2n) is 5.03. The average Bonchev–Trinajstić information content (AvgIpc) is 2.66. The fourth-order valence-electron chi connectivity index (χ4n) is 1.45. The molecule has 4 heteroatoms. The molecule has 1 atom stereocenters. The van der Waals surface area contributed by atoms with Crippen molar-refractivity contribution in [3.63, 3.8) is 0 Å². The molecule has 0 fully saturated rings. The predicted octanol–water partition coefficient (Wildman–Crippen LogP) is 3.07. The molecule has 0 aliphatic heterocycles. The monoisotopic (exact) mass is 242 g/mol. The second-order valence-corrected chi connectivity index (χ2v) is 5.89. The molecule has 1 unspecified atom stereocenters. The Morgan fingerprint density at radius 3 is 2.62 bits per heavy atom. The Bertz CT molecular complexity index is 334. The van der Waals surface area contributed by atoms with Gasteiger partial charge in [0.15, 0.2) is 0 Å². The Morgan fingerprint density at radius 1 is 1.50 bits per heavy atom. The van der Waals surface area contributed by atoms with E-state index in [0.717, 1.165) is 17.1 Å². The van der Waals surface area contributed by atoms with Gasteiger partial charge < -0.3 is 10.5 Å². The molecular formula is C12H22N2OS. The van der Waals surface area contributed by atoms with Crippen molar-refractivity contribution in [1.29, 1.82) is 0 Å². The number of hydrogen-bond donors (Lipinski definition) is 1. The van der Waals surface area contributed by atoms with Gasteiger partial charge in [-0.05, 0) is 26.2 Å². The molecule has 1 rings (SSSR count). The third-order valence-electron chi connectivity index (χ3n) is 2.65. The van der Waals surface area contributed by atoms with Gasteiger partial charge in [0.05, 0.1) is 5.69 Å². The molecule has 0 aromatic carbocycles. The minimum atomic E-state index is -0.319. The van der Waals surface area contributed by atoms with Crippen molar-refractivity contribution in [2.75, 3.05) is 7.11 Å². The average molecular weight is 242 g/mol. The fourth-order valence-corrected chi connectivity index (χ4v) is 2.43. The van der Waals surface area contributed by atoms with Crippen LogP contribution in [0.3, 0.4) is 0 Å². The van der Waals surface area contributed by atoms with E-state index in [4.69, 9.17) is 10.5 Å². The Balaban J connectivity index is 2.79. The molecule has 0 radical (unpaired) electrons. The van der Waals surface area contributed by atoms with Crippen molar-refractivity contribution in [2.24, 2.45) is 11.7 Å². The highest BCUT2D eigenvalue weighted by molar-refractivity contribution is 7.09. The quantitative estimate of drug-likeness (QED) is 0.863. The van der Waals surface area contributed by atoms with Crippen LogP contribution in [0.5, 0.6) is 0 Å². The summed E-state index contributed by atoms with van der Waals surface area (Å²) in [5, 5.41) is 3.03. The lowest BCUT2D eigenvalue weighted by molar-refractivity contribution is 0.0189. The molecule has 16 heavy (non-hydrogen) atoms. The second kappa shape index (κ2) is 5.25. The number of hydrogen-bond acceptors (Lipinski definition) is 4. The highest BCUT2D eigenvalue weighted by Crippen LogP contribution is 2.29. The van der Waals surface area contributed by atoms with Gasteiger partial charge in [0.2, 0.25) is 0 Å². The molecule has 0 bridgehead atoms. The number of thiazole rings is 1.